The van der Waals surface area contributed by atoms with E-state index in [1.807, 2.05) is 0 Å². The molecule has 1 amide bonds. The Morgan fingerprint density at radius 3 is 2.76 bits per heavy atom. The molecule has 2 rings (SSSR count). The van der Waals surface area contributed by atoms with Gasteiger partial charge in [0.25, 0.3) is 0 Å². The number of nitrogens with zero attached hydrogens (tertiary/aromatic N) is 2. The number of piperazine rings is 1. The highest BCUT2D eigenvalue weighted by Gasteiger charge is 2.36. The molecule has 17 heavy (non-hydrogen) atoms. The van der Waals surface area contributed by atoms with E-state index in [0.29, 0.717) is 25.6 Å². The first-order valence-electron chi connectivity index (χ1n) is 6.39. The zero-order valence-electron chi connectivity index (χ0n) is 10.3. The minimum atomic E-state index is -0.994. The van der Waals surface area contributed by atoms with E-state index in [-0.39, 0.29) is 5.91 Å². The van der Waals surface area contributed by atoms with Crippen LogP contribution in [0.25, 0.3) is 0 Å². The first-order valence-corrected chi connectivity index (χ1v) is 6.39. The second-order valence-corrected chi connectivity index (χ2v) is 4.92. The summed E-state index contributed by atoms with van der Waals surface area (Å²) in [7, 11) is 0. The molecule has 2 unspecified atom stereocenters. The Bertz CT molecular complexity index is 319. The first kappa shape index (κ1) is 12.4. The molecular formula is C12H20N2O3. The standard InChI is InChI=1S/C12H20N2O3/c1-2-10(12(16)17)11(15)14-7-6-13-5-3-4-9(13)8-14/h9-10H,2-8H2,1H3,(H,16,17). The second kappa shape index (κ2) is 5.04. The molecule has 96 valence electrons. The van der Waals surface area contributed by atoms with Crippen molar-refractivity contribution in [1.29, 1.82) is 0 Å². The van der Waals surface area contributed by atoms with E-state index in [2.05, 4.69) is 4.90 Å². The number of rotatable bonds is 3. The van der Waals surface area contributed by atoms with Gasteiger partial charge in [-0.1, -0.05) is 6.92 Å². The SMILES string of the molecule is CCC(C(=O)O)C(=O)N1CCN2CCCC2C1. The number of fused-ring (bicyclic) bond motifs is 1. The summed E-state index contributed by atoms with van der Waals surface area (Å²) in [5.41, 5.74) is 0. The first-order chi connectivity index (χ1) is 8.13. The fraction of sp³-hybridized carbons (Fsp3) is 0.833. The zero-order chi connectivity index (χ0) is 12.4. The van der Waals surface area contributed by atoms with Gasteiger partial charge in [0.05, 0.1) is 0 Å². The number of carboxylic acids is 1. The molecule has 0 bridgehead atoms. The van der Waals surface area contributed by atoms with Gasteiger partial charge in [0.2, 0.25) is 5.91 Å². The van der Waals surface area contributed by atoms with Crippen molar-refractivity contribution in [2.45, 2.75) is 32.2 Å². The molecular weight excluding hydrogens is 220 g/mol. The molecule has 2 saturated heterocycles. The van der Waals surface area contributed by atoms with E-state index in [1.165, 1.54) is 6.42 Å². The van der Waals surface area contributed by atoms with Crippen molar-refractivity contribution in [1.82, 2.24) is 9.80 Å². The lowest BCUT2D eigenvalue weighted by molar-refractivity contribution is -0.152. The predicted molar refractivity (Wildman–Crippen MR) is 62.6 cm³/mol. The van der Waals surface area contributed by atoms with E-state index in [4.69, 9.17) is 5.11 Å². The van der Waals surface area contributed by atoms with E-state index < -0.39 is 11.9 Å². The number of amides is 1. The number of carboxylic acid groups (broad SMARTS) is 1. The van der Waals surface area contributed by atoms with Gasteiger partial charge in [-0.3, -0.25) is 14.5 Å². The van der Waals surface area contributed by atoms with Gasteiger partial charge >= 0.3 is 5.97 Å². The fourth-order valence-corrected chi connectivity index (χ4v) is 2.87. The molecule has 0 aromatic carbocycles. The topological polar surface area (TPSA) is 60.9 Å². The van der Waals surface area contributed by atoms with Gasteiger partial charge in [0, 0.05) is 25.7 Å². The van der Waals surface area contributed by atoms with Crippen molar-refractivity contribution in [3.05, 3.63) is 0 Å². The predicted octanol–water partition coefficient (Wildman–Crippen LogP) is 0.404. The van der Waals surface area contributed by atoms with Crippen LogP contribution in [0.3, 0.4) is 0 Å². The smallest absolute Gasteiger partial charge is 0.316 e. The molecule has 0 spiro atoms. The number of carbonyl (C=O) groups is 2. The lowest BCUT2D eigenvalue weighted by Gasteiger charge is -2.38. The van der Waals surface area contributed by atoms with Crippen molar-refractivity contribution in [2.24, 2.45) is 5.92 Å². The molecule has 0 aromatic heterocycles. The highest BCUT2D eigenvalue weighted by atomic mass is 16.4. The zero-order valence-corrected chi connectivity index (χ0v) is 10.3. The van der Waals surface area contributed by atoms with Crippen LogP contribution in [-0.4, -0.2) is 59.0 Å². The summed E-state index contributed by atoms with van der Waals surface area (Å²) in [5.74, 6) is -2.05. The third kappa shape index (κ3) is 2.44. The molecule has 1 N–H and O–H groups in total. The third-order valence-electron chi connectivity index (χ3n) is 3.90. The van der Waals surface area contributed by atoms with E-state index >= 15 is 0 Å². The Morgan fingerprint density at radius 2 is 2.12 bits per heavy atom. The van der Waals surface area contributed by atoms with Crippen molar-refractivity contribution < 1.29 is 14.7 Å². The Balaban J connectivity index is 1.98. The lowest BCUT2D eigenvalue weighted by Crippen LogP contribution is -2.54. The average molecular weight is 240 g/mol. The Kier molecular flexibility index (Phi) is 3.66. The molecule has 2 fully saturated rings. The highest BCUT2D eigenvalue weighted by molar-refractivity contribution is 5.96. The van der Waals surface area contributed by atoms with Crippen molar-refractivity contribution in [2.75, 3.05) is 26.2 Å². The maximum absolute atomic E-state index is 12.1. The summed E-state index contributed by atoms with van der Waals surface area (Å²) in [6.45, 7) is 5.17. The molecule has 0 aromatic rings. The molecule has 0 saturated carbocycles. The largest absolute Gasteiger partial charge is 0.481 e. The maximum atomic E-state index is 12.1. The summed E-state index contributed by atoms with van der Waals surface area (Å²) in [6, 6.07) is 0.457. The lowest BCUT2D eigenvalue weighted by atomic mass is 10.0. The summed E-state index contributed by atoms with van der Waals surface area (Å²) < 4.78 is 0. The van der Waals surface area contributed by atoms with Gasteiger partial charge in [-0.15, -0.1) is 0 Å². The Hall–Kier alpha value is -1.10. The summed E-state index contributed by atoms with van der Waals surface area (Å²) in [4.78, 5) is 27.2. The average Bonchev–Trinajstić information content (AvgIpc) is 2.75. The van der Waals surface area contributed by atoms with E-state index in [0.717, 1.165) is 19.5 Å². The molecule has 2 atom stereocenters. The molecule has 0 radical (unpaired) electrons. The summed E-state index contributed by atoms with van der Waals surface area (Å²) >= 11 is 0. The number of carbonyl (C=O) groups excluding carboxylic acids is 1. The molecule has 2 heterocycles. The molecule has 5 nitrogen and oxygen atoms in total. The molecule has 2 aliphatic heterocycles. The minimum Gasteiger partial charge on any atom is -0.481 e. The summed E-state index contributed by atoms with van der Waals surface area (Å²) in [6.07, 6.45) is 2.70. The van der Waals surface area contributed by atoms with Crippen LogP contribution in [0, 0.1) is 5.92 Å². The second-order valence-electron chi connectivity index (χ2n) is 4.92. The van der Waals surface area contributed by atoms with Gasteiger partial charge in [0.1, 0.15) is 5.92 Å². The summed E-state index contributed by atoms with van der Waals surface area (Å²) in [5, 5.41) is 9.00. The highest BCUT2D eigenvalue weighted by Crippen LogP contribution is 2.22. The van der Waals surface area contributed by atoms with Crippen molar-refractivity contribution in [3.63, 3.8) is 0 Å². The van der Waals surface area contributed by atoms with Gasteiger partial charge in [0.15, 0.2) is 0 Å². The van der Waals surface area contributed by atoms with Crippen LogP contribution in [0.15, 0.2) is 0 Å². The van der Waals surface area contributed by atoms with E-state index in [9.17, 15) is 9.59 Å². The van der Waals surface area contributed by atoms with E-state index in [1.54, 1.807) is 11.8 Å². The van der Waals surface area contributed by atoms with Crippen LogP contribution >= 0.6 is 0 Å². The molecule has 5 heteroatoms. The van der Waals surface area contributed by atoms with Crippen LogP contribution in [0.1, 0.15) is 26.2 Å². The van der Waals surface area contributed by atoms with Crippen LogP contribution in [0.2, 0.25) is 0 Å². The molecule has 2 aliphatic rings. The van der Waals surface area contributed by atoms with Crippen molar-refractivity contribution in [3.8, 4) is 0 Å². The maximum Gasteiger partial charge on any atom is 0.316 e. The van der Waals surface area contributed by atoms with Crippen LogP contribution < -0.4 is 0 Å². The van der Waals surface area contributed by atoms with Crippen LogP contribution in [-0.2, 0) is 9.59 Å². The van der Waals surface area contributed by atoms with Gasteiger partial charge in [-0.05, 0) is 25.8 Å². The van der Waals surface area contributed by atoms with Gasteiger partial charge in [-0.2, -0.15) is 0 Å². The number of hydrogen-bond donors (Lipinski definition) is 1. The van der Waals surface area contributed by atoms with Gasteiger partial charge in [-0.25, -0.2) is 0 Å². The van der Waals surface area contributed by atoms with Gasteiger partial charge < -0.3 is 10.0 Å². The fourth-order valence-electron chi connectivity index (χ4n) is 2.87. The Labute approximate surface area is 101 Å². The number of aliphatic carboxylic acids is 1. The number of hydrogen-bond acceptors (Lipinski definition) is 3. The van der Waals surface area contributed by atoms with Crippen molar-refractivity contribution >= 4 is 11.9 Å². The third-order valence-corrected chi connectivity index (χ3v) is 3.90. The van der Waals surface area contributed by atoms with Crippen LogP contribution in [0.5, 0.6) is 0 Å². The Morgan fingerprint density at radius 1 is 1.35 bits per heavy atom. The quantitative estimate of drug-likeness (QED) is 0.726. The normalized spacial score (nSPS) is 26.6. The minimum absolute atomic E-state index is 0.202. The molecule has 0 aliphatic carbocycles. The monoisotopic (exact) mass is 240 g/mol. The van der Waals surface area contributed by atoms with Crippen LogP contribution in [0.4, 0.5) is 0 Å².